The first kappa shape index (κ1) is 22.2. The molecule has 0 saturated heterocycles. The molecule has 6 heteroatoms. The van der Waals surface area contributed by atoms with Crippen LogP contribution in [0.25, 0.3) is 0 Å². The lowest BCUT2D eigenvalue weighted by Gasteiger charge is -2.48. The molecule has 28 heavy (non-hydrogen) atoms. The summed E-state index contributed by atoms with van der Waals surface area (Å²) in [7, 11) is 0. The summed E-state index contributed by atoms with van der Waals surface area (Å²) in [6.45, 7) is 8.25. The zero-order valence-electron chi connectivity index (χ0n) is 17.5. The molecule has 0 bridgehead atoms. The van der Waals surface area contributed by atoms with Gasteiger partial charge in [0, 0.05) is 6.04 Å². The molecule has 0 heterocycles. The molecular weight excluding hydrogens is 356 g/mol. The molecule has 1 aromatic rings. The number of carbonyl (C=O) groups excluding carboxylic acids is 1. The van der Waals surface area contributed by atoms with Crippen molar-refractivity contribution in [2.24, 2.45) is 16.6 Å². The normalized spacial score (nSPS) is 25.0. The molecular formula is C22H34N2O4. The molecule has 3 unspecified atom stereocenters. The highest BCUT2D eigenvalue weighted by atomic mass is 16.5. The number of nitrogens with one attached hydrogen (secondary N) is 1. The number of aryl methyl sites for hydroxylation is 1. The number of ether oxygens (including phenoxy) is 1. The number of hydrogen-bond donors (Lipinski definition) is 3. The molecule has 0 aliphatic heterocycles. The van der Waals surface area contributed by atoms with Crippen molar-refractivity contribution in [1.29, 1.82) is 0 Å². The van der Waals surface area contributed by atoms with Crippen molar-refractivity contribution in [2.75, 3.05) is 0 Å². The van der Waals surface area contributed by atoms with Crippen molar-refractivity contribution in [3.05, 3.63) is 29.8 Å². The zero-order chi connectivity index (χ0) is 20.9. The number of para-hydroxylation sites is 1. The molecule has 2 rings (SSSR count). The van der Waals surface area contributed by atoms with Crippen LogP contribution in [0.5, 0.6) is 5.75 Å². The quantitative estimate of drug-likeness (QED) is 0.480. The fourth-order valence-corrected chi connectivity index (χ4v) is 4.69. The molecule has 0 aromatic heterocycles. The molecule has 1 amide bonds. The van der Waals surface area contributed by atoms with Crippen LogP contribution >= 0.6 is 0 Å². The number of esters is 1. The monoisotopic (exact) mass is 390 g/mol. The van der Waals surface area contributed by atoms with E-state index in [1.807, 2.05) is 25.1 Å². The Morgan fingerprint density at radius 3 is 2.61 bits per heavy atom. The smallest absolute Gasteiger partial charge is 0.404 e. The SMILES string of the molecule is CCCCc1ccccc1OC(=O)C(N)C1(C)CC(NC(=O)O)CC(C)(C)C1. The molecule has 6 nitrogen and oxygen atoms in total. The Morgan fingerprint density at radius 2 is 1.96 bits per heavy atom. The first-order chi connectivity index (χ1) is 13.1. The molecule has 1 fully saturated rings. The lowest BCUT2D eigenvalue weighted by atomic mass is 9.60. The van der Waals surface area contributed by atoms with Crippen LogP contribution < -0.4 is 15.8 Å². The Balaban J connectivity index is 2.16. The number of amides is 1. The summed E-state index contributed by atoms with van der Waals surface area (Å²) < 4.78 is 5.71. The Labute approximate surface area is 167 Å². The highest BCUT2D eigenvalue weighted by molar-refractivity contribution is 5.79. The topological polar surface area (TPSA) is 102 Å². The van der Waals surface area contributed by atoms with Gasteiger partial charge in [0.25, 0.3) is 0 Å². The van der Waals surface area contributed by atoms with E-state index in [2.05, 4.69) is 26.1 Å². The third kappa shape index (κ3) is 5.71. The molecule has 156 valence electrons. The van der Waals surface area contributed by atoms with Crippen LogP contribution in [-0.4, -0.2) is 29.3 Å². The second-order valence-corrected chi connectivity index (χ2v) is 9.16. The van der Waals surface area contributed by atoms with Crippen molar-refractivity contribution in [3.8, 4) is 5.75 Å². The summed E-state index contributed by atoms with van der Waals surface area (Å²) >= 11 is 0. The molecule has 1 aliphatic carbocycles. The van der Waals surface area contributed by atoms with Crippen LogP contribution in [0.1, 0.15) is 65.4 Å². The Kier molecular flexibility index (Phi) is 7.10. The third-order valence-electron chi connectivity index (χ3n) is 5.71. The molecule has 1 saturated carbocycles. The summed E-state index contributed by atoms with van der Waals surface area (Å²) in [5.74, 6) is 0.105. The Bertz CT molecular complexity index is 704. The van der Waals surface area contributed by atoms with E-state index in [1.165, 1.54) is 0 Å². The van der Waals surface area contributed by atoms with Gasteiger partial charge < -0.3 is 20.9 Å². The second kappa shape index (κ2) is 8.95. The van der Waals surface area contributed by atoms with Gasteiger partial charge in [0.2, 0.25) is 0 Å². The number of hydrogen-bond acceptors (Lipinski definition) is 4. The van der Waals surface area contributed by atoms with Gasteiger partial charge in [-0.2, -0.15) is 0 Å². The lowest BCUT2D eigenvalue weighted by molar-refractivity contribution is -0.140. The maximum atomic E-state index is 12.9. The number of carboxylic acid groups (broad SMARTS) is 1. The van der Waals surface area contributed by atoms with E-state index >= 15 is 0 Å². The predicted octanol–water partition coefficient (Wildman–Crippen LogP) is 4.11. The average Bonchev–Trinajstić information content (AvgIpc) is 2.57. The highest BCUT2D eigenvalue weighted by Crippen LogP contribution is 2.47. The third-order valence-corrected chi connectivity index (χ3v) is 5.71. The van der Waals surface area contributed by atoms with Gasteiger partial charge in [0.1, 0.15) is 11.8 Å². The standard InChI is InChI=1S/C22H34N2O4/c1-5-6-9-15-10-7-8-11-17(15)28-19(25)18(23)22(4)13-16(24-20(26)27)12-21(2,3)14-22/h7-8,10-11,16,18,24H,5-6,9,12-14,23H2,1-4H3,(H,26,27). The molecule has 0 spiro atoms. The van der Waals surface area contributed by atoms with Crippen molar-refractivity contribution in [1.82, 2.24) is 5.32 Å². The minimum absolute atomic E-state index is 0.128. The minimum atomic E-state index is -1.05. The molecule has 1 aromatic carbocycles. The van der Waals surface area contributed by atoms with E-state index in [4.69, 9.17) is 15.6 Å². The number of unbranched alkanes of at least 4 members (excludes halogenated alkanes) is 1. The van der Waals surface area contributed by atoms with E-state index in [0.717, 1.165) is 37.7 Å². The van der Waals surface area contributed by atoms with Crippen molar-refractivity contribution in [2.45, 2.75) is 78.3 Å². The van der Waals surface area contributed by atoms with E-state index in [-0.39, 0.29) is 11.5 Å². The maximum absolute atomic E-state index is 12.9. The van der Waals surface area contributed by atoms with E-state index in [0.29, 0.717) is 12.2 Å². The van der Waals surface area contributed by atoms with Crippen LogP contribution in [0.3, 0.4) is 0 Å². The van der Waals surface area contributed by atoms with Crippen molar-refractivity contribution in [3.63, 3.8) is 0 Å². The Morgan fingerprint density at radius 1 is 1.29 bits per heavy atom. The van der Waals surface area contributed by atoms with Gasteiger partial charge in [-0.1, -0.05) is 52.3 Å². The summed E-state index contributed by atoms with van der Waals surface area (Å²) in [5, 5.41) is 11.7. The largest absolute Gasteiger partial charge is 0.465 e. The first-order valence-corrected chi connectivity index (χ1v) is 10.1. The van der Waals surface area contributed by atoms with Gasteiger partial charge in [-0.3, -0.25) is 0 Å². The predicted molar refractivity (Wildman–Crippen MR) is 109 cm³/mol. The van der Waals surface area contributed by atoms with Crippen LogP contribution in [0.4, 0.5) is 4.79 Å². The van der Waals surface area contributed by atoms with E-state index < -0.39 is 23.5 Å². The highest BCUT2D eigenvalue weighted by Gasteiger charge is 2.47. The van der Waals surface area contributed by atoms with Gasteiger partial charge in [-0.15, -0.1) is 0 Å². The first-order valence-electron chi connectivity index (χ1n) is 10.1. The summed E-state index contributed by atoms with van der Waals surface area (Å²) in [4.78, 5) is 24.0. The zero-order valence-corrected chi connectivity index (χ0v) is 17.5. The molecule has 3 atom stereocenters. The van der Waals surface area contributed by atoms with Gasteiger partial charge in [0.05, 0.1) is 0 Å². The van der Waals surface area contributed by atoms with Gasteiger partial charge in [-0.25, -0.2) is 9.59 Å². The summed E-state index contributed by atoms with van der Waals surface area (Å²) in [5.41, 5.74) is 6.71. The van der Waals surface area contributed by atoms with Crippen LogP contribution in [0.2, 0.25) is 0 Å². The molecule has 0 radical (unpaired) electrons. The van der Waals surface area contributed by atoms with Crippen LogP contribution in [0, 0.1) is 10.8 Å². The second-order valence-electron chi connectivity index (χ2n) is 9.16. The fourth-order valence-electron chi connectivity index (χ4n) is 4.69. The minimum Gasteiger partial charge on any atom is -0.465 e. The van der Waals surface area contributed by atoms with Gasteiger partial charge >= 0.3 is 12.1 Å². The Hall–Kier alpha value is -2.08. The number of nitrogens with two attached hydrogens (primary N) is 1. The van der Waals surface area contributed by atoms with E-state index in [1.54, 1.807) is 6.07 Å². The van der Waals surface area contributed by atoms with Crippen molar-refractivity contribution >= 4 is 12.1 Å². The maximum Gasteiger partial charge on any atom is 0.404 e. The lowest BCUT2D eigenvalue weighted by Crippen LogP contribution is -2.56. The van der Waals surface area contributed by atoms with Crippen molar-refractivity contribution < 1.29 is 19.4 Å². The number of rotatable bonds is 7. The van der Waals surface area contributed by atoms with Gasteiger partial charge in [-0.05, 0) is 54.6 Å². The summed E-state index contributed by atoms with van der Waals surface area (Å²) in [6.07, 6.45) is 3.84. The van der Waals surface area contributed by atoms with Gasteiger partial charge in [0.15, 0.2) is 0 Å². The van der Waals surface area contributed by atoms with E-state index in [9.17, 15) is 9.59 Å². The molecule has 4 N–H and O–H groups in total. The average molecular weight is 391 g/mol. The van der Waals surface area contributed by atoms with Crippen LogP contribution in [-0.2, 0) is 11.2 Å². The fraction of sp³-hybridized carbons (Fsp3) is 0.636. The summed E-state index contributed by atoms with van der Waals surface area (Å²) in [6, 6.07) is 6.50. The number of benzene rings is 1. The number of carbonyl (C=O) groups is 2. The van der Waals surface area contributed by atoms with Crippen LogP contribution in [0.15, 0.2) is 24.3 Å². The molecule has 1 aliphatic rings.